The lowest BCUT2D eigenvalue weighted by atomic mass is 10.5. The number of aryl methyl sites for hydroxylation is 1. The molecule has 2 N–H and O–H groups in total. The predicted molar refractivity (Wildman–Crippen MR) is 60.6 cm³/mol. The fraction of sp³-hybridized carbons (Fsp3) is 0.500. The monoisotopic (exact) mass is 243 g/mol. The first kappa shape index (κ1) is 12.5. The number of rotatable bonds is 3. The minimum atomic E-state index is -0.408. The Morgan fingerprint density at radius 1 is 1.50 bits per heavy atom. The predicted octanol–water partition coefficient (Wildman–Crippen LogP) is -1.16. The summed E-state index contributed by atoms with van der Waals surface area (Å²) in [4.78, 5) is 24.2. The molecule has 0 unspecified atom stereocenters. The summed E-state index contributed by atoms with van der Waals surface area (Å²) in [5.74, 6) is 5.59. The molecule has 1 heterocycles. The zero-order chi connectivity index (χ0) is 12.3. The molecule has 0 saturated heterocycles. The quantitative estimate of drug-likeness (QED) is 0.531. The topological polar surface area (TPSA) is 94.1 Å². The maximum atomic E-state index is 11.4. The molecule has 0 aliphatic rings. The molecule has 1 aromatic heterocycles. The van der Waals surface area contributed by atoms with E-state index >= 15 is 0 Å². The van der Waals surface area contributed by atoms with Crippen molar-refractivity contribution >= 4 is 17.7 Å². The Morgan fingerprint density at radius 3 is 2.69 bits per heavy atom. The number of nitrogen functional groups attached to an aromatic ring is 1. The summed E-state index contributed by atoms with van der Waals surface area (Å²) in [6.07, 6.45) is 0. The number of carbonyl (C=O) groups excluding carboxylic acids is 1. The van der Waals surface area contributed by atoms with Gasteiger partial charge in [0.25, 0.3) is 5.56 Å². The summed E-state index contributed by atoms with van der Waals surface area (Å²) >= 11 is 1.08. The van der Waals surface area contributed by atoms with E-state index in [2.05, 4.69) is 10.2 Å². The lowest BCUT2D eigenvalue weighted by Gasteiger charge is -2.10. The number of thioether (sulfide) groups is 1. The number of nitrogens with two attached hydrogens (primary N) is 1. The highest BCUT2D eigenvalue weighted by molar-refractivity contribution is 7.99. The molecule has 7 nitrogen and oxygen atoms in total. The molecule has 0 saturated carbocycles. The molecule has 0 fully saturated rings. The summed E-state index contributed by atoms with van der Waals surface area (Å²) in [6.45, 7) is 1.53. The molecular weight excluding hydrogens is 230 g/mol. The van der Waals surface area contributed by atoms with Crippen molar-refractivity contribution in [3.63, 3.8) is 0 Å². The maximum absolute atomic E-state index is 11.4. The lowest BCUT2D eigenvalue weighted by molar-refractivity contribution is -0.125. The molecular formula is C8H13N5O2S. The standard InChI is InChI=1S/C8H13N5O2S/c1-5-7(15)13(9)8(11-10-5)16-4-6(14)12(2)3/h4,9H2,1-3H3. The maximum Gasteiger partial charge on any atom is 0.294 e. The van der Waals surface area contributed by atoms with Gasteiger partial charge in [-0.25, -0.2) is 0 Å². The molecule has 0 spiro atoms. The molecule has 1 aromatic rings. The number of nitrogens with zero attached hydrogens (tertiary/aromatic N) is 4. The van der Waals surface area contributed by atoms with Crippen molar-refractivity contribution in [2.75, 3.05) is 25.7 Å². The fourth-order valence-electron chi connectivity index (χ4n) is 0.824. The highest BCUT2D eigenvalue weighted by Gasteiger charge is 2.10. The molecule has 0 aliphatic carbocycles. The number of carbonyl (C=O) groups is 1. The van der Waals surface area contributed by atoms with Crippen molar-refractivity contribution in [2.45, 2.75) is 12.1 Å². The molecule has 0 aliphatic heterocycles. The summed E-state index contributed by atoms with van der Waals surface area (Å²) in [5, 5.41) is 7.63. The van der Waals surface area contributed by atoms with Crippen molar-refractivity contribution < 1.29 is 4.79 Å². The number of amides is 1. The van der Waals surface area contributed by atoms with Gasteiger partial charge in [0.1, 0.15) is 5.69 Å². The van der Waals surface area contributed by atoms with Gasteiger partial charge in [0.2, 0.25) is 11.1 Å². The smallest absolute Gasteiger partial charge is 0.294 e. The summed E-state index contributed by atoms with van der Waals surface area (Å²) < 4.78 is 0.899. The Hall–Kier alpha value is -1.57. The van der Waals surface area contributed by atoms with E-state index in [9.17, 15) is 9.59 Å². The zero-order valence-corrected chi connectivity index (χ0v) is 10.1. The normalized spacial score (nSPS) is 10.2. The molecule has 1 amide bonds. The van der Waals surface area contributed by atoms with E-state index in [4.69, 9.17) is 5.84 Å². The molecule has 0 bridgehead atoms. The van der Waals surface area contributed by atoms with E-state index in [0.717, 1.165) is 16.4 Å². The molecule has 88 valence electrons. The fourth-order valence-corrected chi connectivity index (χ4v) is 1.66. The van der Waals surface area contributed by atoms with Gasteiger partial charge in [-0.05, 0) is 6.92 Å². The first-order valence-corrected chi connectivity index (χ1v) is 5.46. The van der Waals surface area contributed by atoms with E-state index in [1.54, 1.807) is 14.1 Å². The molecule has 0 atom stereocenters. The Labute approximate surface area is 96.6 Å². The second-order valence-electron chi connectivity index (χ2n) is 3.32. The van der Waals surface area contributed by atoms with Gasteiger partial charge in [-0.2, -0.15) is 4.68 Å². The van der Waals surface area contributed by atoms with Crippen molar-refractivity contribution in [1.82, 2.24) is 19.8 Å². The second-order valence-corrected chi connectivity index (χ2v) is 4.26. The van der Waals surface area contributed by atoms with Crippen molar-refractivity contribution in [3.05, 3.63) is 16.0 Å². The zero-order valence-electron chi connectivity index (χ0n) is 9.30. The third-order valence-corrected chi connectivity index (χ3v) is 2.77. The highest BCUT2D eigenvalue weighted by atomic mass is 32.2. The third kappa shape index (κ3) is 2.72. The first-order valence-electron chi connectivity index (χ1n) is 4.48. The van der Waals surface area contributed by atoms with Crippen LogP contribution in [0.25, 0.3) is 0 Å². The average Bonchev–Trinajstić information content (AvgIpc) is 2.24. The summed E-state index contributed by atoms with van der Waals surface area (Å²) in [5.41, 5.74) is -0.180. The largest absolute Gasteiger partial charge is 0.348 e. The van der Waals surface area contributed by atoms with Crippen LogP contribution in [0, 0.1) is 6.92 Å². The van der Waals surface area contributed by atoms with E-state index in [1.807, 2.05) is 0 Å². The Kier molecular flexibility index (Phi) is 3.88. The Balaban J connectivity index is 2.80. The van der Waals surface area contributed by atoms with Gasteiger partial charge in [0.05, 0.1) is 5.75 Å². The Morgan fingerprint density at radius 2 is 2.12 bits per heavy atom. The lowest BCUT2D eigenvalue weighted by Crippen LogP contribution is -2.33. The van der Waals surface area contributed by atoms with Crippen LogP contribution < -0.4 is 11.4 Å². The van der Waals surface area contributed by atoms with Gasteiger partial charge in [-0.3, -0.25) is 9.59 Å². The van der Waals surface area contributed by atoms with Gasteiger partial charge in [-0.15, -0.1) is 10.2 Å². The molecule has 8 heteroatoms. The van der Waals surface area contributed by atoms with Crippen LogP contribution in [0.3, 0.4) is 0 Å². The first-order chi connectivity index (χ1) is 7.43. The van der Waals surface area contributed by atoms with Crippen molar-refractivity contribution in [2.24, 2.45) is 0 Å². The van der Waals surface area contributed by atoms with E-state index in [-0.39, 0.29) is 22.5 Å². The van der Waals surface area contributed by atoms with Crippen LogP contribution >= 0.6 is 11.8 Å². The van der Waals surface area contributed by atoms with Crippen LogP contribution in [-0.4, -0.2) is 45.5 Å². The molecule has 0 aromatic carbocycles. The van der Waals surface area contributed by atoms with Crippen LogP contribution in [0.5, 0.6) is 0 Å². The van der Waals surface area contributed by atoms with Crippen LogP contribution in [-0.2, 0) is 4.79 Å². The van der Waals surface area contributed by atoms with Gasteiger partial charge in [-0.1, -0.05) is 11.8 Å². The van der Waals surface area contributed by atoms with E-state index < -0.39 is 5.56 Å². The molecule has 16 heavy (non-hydrogen) atoms. The number of aromatic nitrogens is 3. The van der Waals surface area contributed by atoms with Crippen LogP contribution in [0.1, 0.15) is 5.69 Å². The van der Waals surface area contributed by atoms with Gasteiger partial charge >= 0.3 is 0 Å². The van der Waals surface area contributed by atoms with Gasteiger partial charge < -0.3 is 10.7 Å². The van der Waals surface area contributed by atoms with Gasteiger partial charge in [0, 0.05) is 14.1 Å². The van der Waals surface area contributed by atoms with Crippen LogP contribution in [0.2, 0.25) is 0 Å². The second kappa shape index (κ2) is 4.97. The van der Waals surface area contributed by atoms with Gasteiger partial charge in [0.15, 0.2) is 0 Å². The summed E-state index contributed by atoms with van der Waals surface area (Å²) in [7, 11) is 3.30. The minimum Gasteiger partial charge on any atom is -0.348 e. The Bertz CT molecular complexity index is 456. The molecule has 0 radical (unpaired) electrons. The number of hydrogen-bond donors (Lipinski definition) is 1. The van der Waals surface area contributed by atoms with E-state index in [1.165, 1.54) is 11.8 Å². The number of hydrogen-bond acceptors (Lipinski definition) is 6. The SMILES string of the molecule is Cc1nnc(SCC(=O)N(C)C)n(N)c1=O. The van der Waals surface area contributed by atoms with Crippen LogP contribution in [0.15, 0.2) is 9.95 Å². The average molecular weight is 243 g/mol. The third-order valence-electron chi connectivity index (χ3n) is 1.84. The van der Waals surface area contributed by atoms with E-state index in [0.29, 0.717) is 0 Å². The molecule has 1 rings (SSSR count). The summed E-state index contributed by atoms with van der Waals surface area (Å²) in [6, 6.07) is 0. The van der Waals surface area contributed by atoms with Crippen molar-refractivity contribution in [3.8, 4) is 0 Å². The highest BCUT2D eigenvalue weighted by Crippen LogP contribution is 2.11. The van der Waals surface area contributed by atoms with Crippen molar-refractivity contribution in [1.29, 1.82) is 0 Å². The minimum absolute atomic E-state index is 0.0835. The van der Waals surface area contributed by atoms with Crippen LogP contribution in [0.4, 0.5) is 0 Å².